The average Bonchev–Trinajstić information content (AvgIpc) is 2.65. The summed E-state index contributed by atoms with van der Waals surface area (Å²) in [6.07, 6.45) is 0. The molecule has 5 heteroatoms. The lowest BCUT2D eigenvalue weighted by atomic mass is 10.00. The molecule has 0 aromatic carbocycles. The van der Waals surface area contributed by atoms with Crippen LogP contribution >= 0.6 is 0 Å². The van der Waals surface area contributed by atoms with Crippen molar-refractivity contribution in [3.05, 3.63) is 0 Å². The molecule has 2 rings (SSSR count). The lowest BCUT2D eigenvalue weighted by molar-refractivity contribution is -0.138. The minimum absolute atomic E-state index is 0.0282. The van der Waals surface area contributed by atoms with Crippen molar-refractivity contribution in [3.63, 3.8) is 0 Å². The number of carbonyl (C=O) groups excluding carboxylic acids is 2. The molecule has 78 valence electrons. The summed E-state index contributed by atoms with van der Waals surface area (Å²) < 4.78 is 0. The number of fused-ring (bicyclic) bond motifs is 1. The number of nitrogens with zero attached hydrogens (tertiary/aromatic N) is 2. The third-order valence-corrected chi connectivity index (χ3v) is 3.14. The van der Waals surface area contributed by atoms with Gasteiger partial charge in [-0.05, 0) is 0 Å². The van der Waals surface area contributed by atoms with E-state index in [0.29, 0.717) is 19.6 Å². The van der Waals surface area contributed by atoms with E-state index in [9.17, 15) is 9.59 Å². The highest BCUT2D eigenvalue weighted by Crippen LogP contribution is 2.31. The molecule has 2 aliphatic rings. The van der Waals surface area contributed by atoms with E-state index in [2.05, 4.69) is 4.90 Å². The number of hydrogen-bond acceptors (Lipinski definition) is 4. The van der Waals surface area contributed by atoms with Crippen molar-refractivity contribution in [2.45, 2.75) is 0 Å². The first kappa shape index (κ1) is 9.61. The molecule has 2 saturated heterocycles. The van der Waals surface area contributed by atoms with Crippen molar-refractivity contribution in [2.75, 3.05) is 33.2 Å². The summed E-state index contributed by atoms with van der Waals surface area (Å²) in [6.45, 7) is 2.74. The number of hydrogen-bond donors (Lipinski definition) is 1. The summed E-state index contributed by atoms with van der Waals surface area (Å²) in [6, 6.07) is 0. The van der Waals surface area contributed by atoms with Crippen molar-refractivity contribution in [1.29, 1.82) is 0 Å². The number of carbonyl (C=O) groups is 2. The van der Waals surface area contributed by atoms with Crippen LogP contribution in [0.5, 0.6) is 0 Å². The van der Waals surface area contributed by atoms with Crippen molar-refractivity contribution >= 4 is 11.8 Å². The molecular weight excluding hydrogens is 182 g/mol. The second-order valence-electron chi connectivity index (χ2n) is 4.00. The molecule has 2 aliphatic heterocycles. The standard InChI is InChI=1S/C9H15N3O2/c1-11-8(13)6-4-12(3-2-10)5-7(6)9(11)14/h6-7H,2-5,10H2,1H3/t6-,7-/m1/s1. The van der Waals surface area contributed by atoms with Crippen LogP contribution in [0.15, 0.2) is 0 Å². The van der Waals surface area contributed by atoms with Gasteiger partial charge in [-0.1, -0.05) is 0 Å². The fourth-order valence-corrected chi connectivity index (χ4v) is 2.36. The van der Waals surface area contributed by atoms with Crippen LogP contribution in [0.2, 0.25) is 0 Å². The molecule has 0 saturated carbocycles. The molecule has 2 amide bonds. The second kappa shape index (κ2) is 3.33. The van der Waals surface area contributed by atoms with Crippen molar-refractivity contribution in [1.82, 2.24) is 9.80 Å². The Balaban J connectivity index is 2.09. The highest BCUT2D eigenvalue weighted by molar-refractivity contribution is 6.05. The molecule has 0 spiro atoms. The van der Waals surface area contributed by atoms with E-state index in [1.54, 1.807) is 7.05 Å². The Morgan fingerprint density at radius 1 is 1.29 bits per heavy atom. The second-order valence-corrected chi connectivity index (χ2v) is 4.00. The van der Waals surface area contributed by atoms with Crippen LogP contribution in [0.3, 0.4) is 0 Å². The smallest absolute Gasteiger partial charge is 0.234 e. The lowest BCUT2D eigenvalue weighted by Crippen LogP contribution is -2.35. The molecule has 0 radical (unpaired) electrons. The molecule has 5 nitrogen and oxygen atoms in total. The minimum Gasteiger partial charge on any atom is -0.329 e. The normalized spacial score (nSPS) is 32.9. The van der Waals surface area contributed by atoms with Crippen molar-refractivity contribution in [3.8, 4) is 0 Å². The molecule has 2 heterocycles. The lowest BCUT2D eigenvalue weighted by Gasteiger charge is -2.16. The zero-order valence-corrected chi connectivity index (χ0v) is 8.27. The summed E-state index contributed by atoms with van der Waals surface area (Å²) >= 11 is 0. The summed E-state index contributed by atoms with van der Waals surface area (Å²) in [4.78, 5) is 26.5. The van der Waals surface area contributed by atoms with Gasteiger partial charge in [-0.3, -0.25) is 14.5 Å². The fourth-order valence-electron chi connectivity index (χ4n) is 2.36. The number of likely N-dealkylation sites (tertiary alicyclic amines) is 2. The maximum Gasteiger partial charge on any atom is 0.234 e. The van der Waals surface area contributed by atoms with Crippen LogP contribution in [0, 0.1) is 11.8 Å². The van der Waals surface area contributed by atoms with Gasteiger partial charge >= 0.3 is 0 Å². The summed E-state index contributed by atoms with van der Waals surface area (Å²) in [5, 5.41) is 0. The van der Waals surface area contributed by atoms with Gasteiger partial charge in [0.25, 0.3) is 0 Å². The molecule has 0 unspecified atom stereocenters. The average molecular weight is 197 g/mol. The first-order valence-corrected chi connectivity index (χ1v) is 4.89. The third kappa shape index (κ3) is 1.24. The predicted octanol–water partition coefficient (Wildman–Crippen LogP) is -1.51. The molecule has 2 N–H and O–H groups in total. The van der Waals surface area contributed by atoms with Gasteiger partial charge in [-0.25, -0.2) is 0 Å². The molecule has 0 bridgehead atoms. The number of imide groups is 1. The monoisotopic (exact) mass is 197 g/mol. The zero-order chi connectivity index (χ0) is 10.3. The van der Waals surface area contributed by atoms with Crippen LogP contribution in [-0.2, 0) is 9.59 Å². The van der Waals surface area contributed by atoms with Gasteiger partial charge in [0.05, 0.1) is 11.8 Å². The number of nitrogens with two attached hydrogens (primary N) is 1. The van der Waals surface area contributed by atoms with E-state index >= 15 is 0 Å². The molecule has 2 fully saturated rings. The topological polar surface area (TPSA) is 66.6 Å². The highest BCUT2D eigenvalue weighted by Gasteiger charge is 2.50. The van der Waals surface area contributed by atoms with Crippen LogP contribution in [0.4, 0.5) is 0 Å². The van der Waals surface area contributed by atoms with Gasteiger partial charge in [0, 0.05) is 33.2 Å². The van der Waals surface area contributed by atoms with E-state index < -0.39 is 0 Å². The van der Waals surface area contributed by atoms with Crippen LogP contribution < -0.4 is 5.73 Å². The molecule has 14 heavy (non-hydrogen) atoms. The van der Waals surface area contributed by atoms with E-state index in [4.69, 9.17) is 5.73 Å². The maximum absolute atomic E-state index is 11.6. The van der Waals surface area contributed by atoms with E-state index in [1.165, 1.54) is 4.90 Å². The van der Waals surface area contributed by atoms with Crippen LogP contribution in [0.25, 0.3) is 0 Å². The van der Waals surface area contributed by atoms with E-state index in [1.807, 2.05) is 0 Å². The fraction of sp³-hybridized carbons (Fsp3) is 0.778. The molecule has 0 aliphatic carbocycles. The summed E-state index contributed by atoms with van der Waals surface area (Å²) in [7, 11) is 1.57. The molecule has 2 atom stereocenters. The van der Waals surface area contributed by atoms with Crippen molar-refractivity contribution in [2.24, 2.45) is 17.6 Å². The summed E-state index contributed by atoms with van der Waals surface area (Å²) in [5.41, 5.74) is 5.43. The van der Waals surface area contributed by atoms with Gasteiger partial charge < -0.3 is 10.6 Å². The Labute approximate surface area is 82.8 Å². The van der Waals surface area contributed by atoms with Crippen molar-refractivity contribution < 1.29 is 9.59 Å². The van der Waals surface area contributed by atoms with Crippen LogP contribution in [0.1, 0.15) is 0 Å². The quantitative estimate of drug-likeness (QED) is 0.547. The number of amides is 2. The maximum atomic E-state index is 11.6. The van der Waals surface area contributed by atoms with E-state index in [-0.39, 0.29) is 23.7 Å². The molecular formula is C9H15N3O2. The Morgan fingerprint density at radius 2 is 1.79 bits per heavy atom. The minimum atomic E-state index is -0.112. The number of rotatable bonds is 2. The predicted molar refractivity (Wildman–Crippen MR) is 50.3 cm³/mol. The van der Waals surface area contributed by atoms with Gasteiger partial charge in [-0.15, -0.1) is 0 Å². The van der Waals surface area contributed by atoms with Gasteiger partial charge in [0.15, 0.2) is 0 Å². The first-order valence-electron chi connectivity index (χ1n) is 4.89. The Hall–Kier alpha value is -0.940. The van der Waals surface area contributed by atoms with Gasteiger partial charge in [0.1, 0.15) is 0 Å². The highest BCUT2D eigenvalue weighted by atomic mass is 16.2. The first-order chi connectivity index (χ1) is 6.65. The van der Waals surface area contributed by atoms with Gasteiger partial charge in [0.2, 0.25) is 11.8 Å². The third-order valence-electron chi connectivity index (χ3n) is 3.14. The molecule has 0 aromatic heterocycles. The largest absolute Gasteiger partial charge is 0.329 e. The molecule has 0 aromatic rings. The Bertz CT molecular complexity index is 255. The van der Waals surface area contributed by atoms with E-state index in [0.717, 1.165) is 6.54 Å². The zero-order valence-electron chi connectivity index (χ0n) is 8.27. The summed E-state index contributed by atoms with van der Waals surface area (Å²) in [5.74, 6) is -0.280. The van der Waals surface area contributed by atoms with Crippen LogP contribution in [-0.4, -0.2) is 54.8 Å². The SMILES string of the molecule is CN1C(=O)[C@@H]2CN(CCN)C[C@H]2C1=O. The Morgan fingerprint density at radius 3 is 2.21 bits per heavy atom. The Kier molecular flexibility index (Phi) is 2.28. The van der Waals surface area contributed by atoms with Gasteiger partial charge in [-0.2, -0.15) is 0 Å².